The highest BCUT2D eigenvalue weighted by atomic mass is 32.2. The fourth-order valence-corrected chi connectivity index (χ4v) is 1.21. The third-order valence-electron chi connectivity index (χ3n) is 1.54. The Labute approximate surface area is 84.6 Å². The van der Waals surface area contributed by atoms with Gasteiger partial charge in [-0.25, -0.2) is 8.42 Å². The summed E-state index contributed by atoms with van der Waals surface area (Å²) in [5.74, 6) is -0.585. The second kappa shape index (κ2) is 4.75. The lowest BCUT2D eigenvalue weighted by molar-refractivity contribution is -0.128. The van der Waals surface area contributed by atoms with Gasteiger partial charge in [-0.2, -0.15) is 0 Å². The smallest absolute Gasteiger partial charge is 0.225 e. The van der Waals surface area contributed by atoms with Crippen molar-refractivity contribution in [3.8, 4) is 0 Å². The molecule has 0 fully saturated rings. The predicted octanol–water partition coefficient (Wildman–Crippen LogP) is 0.0840. The molecule has 0 aromatic rings. The summed E-state index contributed by atoms with van der Waals surface area (Å²) in [4.78, 5) is 11.3. The van der Waals surface area contributed by atoms with E-state index < -0.39 is 21.3 Å². The van der Waals surface area contributed by atoms with Crippen LogP contribution in [0.25, 0.3) is 0 Å². The zero-order chi connectivity index (χ0) is 11.4. The average Bonchev–Trinajstić information content (AvgIpc) is 1.93. The number of nitrogens with one attached hydrogen (secondary N) is 1. The van der Waals surface area contributed by atoms with Gasteiger partial charge in [0.05, 0.1) is 10.1 Å². The Morgan fingerprint density at radius 2 is 1.86 bits per heavy atom. The monoisotopic (exact) mass is 222 g/mol. The molecule has 1 N–H and O–H groups in total. The van der Waals surface area contributed by atoms with Crippen LogP contribution in [0.15, 0.2) is 0 Å². The van der Waals surface area contributed by atoms with Crippen LogP contribution in [0.3, 0.4) is 0 Å². The van der Waals surface area contributed by atoms with E-state index in [-0.39, 0.29) is 18.9 Å². The zero-order valence-corrected chi connectivity index (χ0v) is 9.48. The first-order chi connectivity index (χ1) is 6.13. The largest absolute Gasteiger partial charge is 0.748 e. The standard InChI is InChI=1S/C8H17NO4S/c1-8(2,3)7(10)9-5-4-6-14(11,12)13/h4-6H2,1-3H3,(H,9,10)(H,11,12,13)/p-1. The van der Waals surface area contributed by atoms with Crippen molar-refractivity contribution >= 4 is 16.0 Å². The Morgan fingerprint density at radius 3 is 2.21 bits per heavy atom. The van der Waals surface area contributed by atoms with Gasteiger partial charge in [0, 0.05) is 17.7 Å². The van der Waals surface area contributed by atoms with E-state index in [1.165, 1.54) is 0 Å². The van der Waals surface area contributed by atoms with E-state index in [4.69, 9.17) is 0 Å². The Hall–Kier alpha value is -0.620. The predicted molar refractivity (Wildman–Crippen MR) is 51.6 cm³/mol. The summed E-state index contributed by atoms with van der Waals surface area (Å²) in [5, 5.41) is 2.55. The van der Waals surface area contributed by atoms with Crippen LogP contribution in [0, 0.1) is 5.41 Å². The molecular weight excluding hydrogens is 206 g/mol. The number of hydrogen-bond donors (Lipinski definition) is 1. The molecule has 0 saturated heterocycles. The average molecular weight is 222 g/mol. The molecule has 0 heterocycles. The van der Waals surface area contributed by atoms with Gasteiger partial charge in [-0.3, -0.25) is 4.79 Å². The molecule has 0 atom stereocenters. The number of carbonyl (C=O) groups excluding carboxylic acids is 1. The molecule has 0 spiro atoms. The summed E-state index contributed by atoms with van der Waals surface area (Å²) in [6.45, 7) is 5.49. The van der Waals surface area contributed by atoms with Crippen molar-refractivity contribution in [3.05, 3.63) is 0 Å². The van der Waals surface area contributed by atoms with E-state index in [0.29, 0.717) is 0 Å². The first-order valence-corrected chi connectivity index (χ1v) is 5.92. The Morgan fingerprint density at radius 1 is 1.36 bits per heavy atom. The minimum atomic E-state index is -4.16. The Balaban J connectivity index is 3.72. The maximum absolute atomic E-state index is 11.3. The van der Waals surface area contributed by atoms with Crippen molar-refractivity contribution in [2.45, 2.75) is 27.2 Å². The molecule has 0 unspecified atom stereocenters. The maximum atomic E-state index is 11.3. The van der Waals surface area contributed by atoms with Crippen LogP contribution < -0.4 is 5.32 Å². The highest BCUT2D eigenvalue weighted by Gasteiger charge is 2.20. The molecule has 0 rings (SSSR count). The van der Waals surface area contributed by atoms with Crippen LogP contribution in [0.1, 0.15) is 27.2 Å². The van der Waals surface area contributed by atoms with Crippen LogP contribution in [-0.4, -0.2) is 31.2 Å². The fraction of sp³-hybridized carbons (Fsp3) is 0.875. The van der Waals surface area contributed by atoms with E-state index in [1.54, 1.807) is 20.8 Å². The summed E-state index contributed by atoms with van der Waals surface area (Å²) in [7, 11) is -4.16. The summed E-state index contributed by atoms with van der Waals surface area (Å²) in [5.41, 5.74) is -0.490. The van der Waals surface area contributed by atoms with Gasteiger partial charge >= 0.3 is 0 Å². The van der Waals surface area contributed by atoms with Crippen molar-refractivity contribution in [2.75, 3.05) is 12.3 Å². The molecule has 84 valence electrons. The maximum Gasteiger partial charge on any atom is 0.225 e. The normalized spacial score (nSPS) is 12.6. The zero-order valence-electron chi connectivity index (χ0n) is 8.66. The van der Waals surface area contributed by atoms with Crippen LogP contribution in [-0.2, 0) is 14.9 Å². The van der Waals surface area contributed by atoms with Gasteiger partial charge in [-0.1, -0.05) is 20.8 Å². The van der Waals surface area contributed by atoms with Crippen LogP contribution >= 0.6 is 0 Å². The van der Waals surface area contributed by atoms with E-state index in [1.807, 2.05) is 0 Å². The SMILES string of the molecule is CC(C)(C)C(=O)NCCCS(=O)(=O)[O-]. The first-order valence-electron chi connectivity index (χ1n) is 4.35. The van der Waals surface area contributed by atoms with Gasteiger partial charge in [-0.05, 0) is 6.42 Å². The lowest BCUT2D eigenvalue weighted by Gasteiger charge is -2.17. The van der Waals surface area contributed by atoms with Crippen molar-refractivity contribution in [1.29, 1.82) is 0 Å². The number of rotatable bonds is 4. The third kappa shape index (κ3) is 6.85. The van der Waals surface area contributed by atoms with E-state index in [0.717, 1.165) is 0 Å². The highest BCUT2D eigenvalue weighted by molar-refractivity contribution is 7.85. The Bertz CT molecular complexity index is 289. The third-order valence-corrected chi connectivity index (χ3v) is 2.33. The molecule has 0 radical (unpaired) electrons. The molecule has 0 aliphatic heterocycles. The van der Waals surface area contributed by atoms with Gasteiger partial charge in [0.25, 0.3) is 0 Å². The van der Waals surface area contributed by atoms with Gasteiger partial charge in [0.2, 0.25) is 5.91 Å². The molecule has 0 aliphatic carbocycles. The molecule has 0 saturated carbocycles. The van der Waals surface area contributed by atoms with E-state index in [2.05, 4.69) is 5.32 Å². The topological polar surface area (TPSA) is 86.3 Å². The first kappa shape index (κ1) is 13.4. The number of carbonyl (C=O) groups is 1. The lowest BCUT2D eigenvalue weighted by atomic mass is 9.96. The summed E-state index contributed by atoms with van der Waals surface area (Å²) in [6, 6.07) is 0. The molecule has 0 aliphatic rings. The highest BCUT2D eigenvalue weighted by Crippen LogP contribution is 2.11. The summed E-state index contributed by atoms with van der Waals surface area (Å²) < 4.78 is 30.6. The molecule has 6 heteroatoms. The van der Waals surface area contributed by atoms with E-state index in [9.17, 15) is 17.8 Å². The van der Waals surface area contributed by atoms with Gasteiger partial charge in [-0.15, -0.1) is 0 Å². The molecule has 0 aromatic carbocycles. The minimum absolute atomic E-state index is 0.152. The molecule has 0 bridgehead atoms. The van der Waals surface area contributed by atoms with Crippen LogP contribution in [0.4, 0.5) is 0 Å². The minimum Gasteiger partial charge on any atom is -0.748 e. The molecule has 0 aromatic heterocycles. The number of hydrogen-bond acceptors (Lipinski definition) is 4. The van der Waals surface area contributed by atoms with Crippen molar-refractivity contribution < 1.29 is 17.8 Å². The second-order valence-corrected chi connectivity index (χ2v) is 5.64. The Kier molecular flexibility index (Phi) is 4.54. The second-order valence-electron chi connectivity index (χ2n) is 4.12. The summed E-state index contributed by atoms with van der Waals surface area (Å²) in [6.07, 6.45) is 0.160. The van der Waals surface area contributed by atoms with Crippen LogP contribution in [0.2, 0.25) is 0 Å². The molecule has 14 heavy (non-hydrogen) atoms. The number of amides is 1. The van der Waals surface area contributed by atoms with Gasteiger partial charge in [0.1, 0.15) is 0 Å². The van der Waals surface area contributed by atoms with Gasteiger partial charge in [0.15, 0.2) is 0 Å². The van der Waals surface area contributed by atoms with Crippen molar-refractivity contribution in [2.24, 2.45) is 5.41 Å². The molecule has 1 amide bonds. The van der Waals surface area contributed by atoms with Crippen molar-refractivity contribution in [3.63, 3.8) is 0 Å². The quantitative estimate of drug-likeness (QED) is 0.539. The van der Waals surface area contributed by atoms with Gasteiger partial charge < -0.3 is 9.87 Å². The van der Waals surface area contributed by atoms with Crippen LogP contribution in [0.5, 0.6) is 0 Å². The molecular formula is C8H16NO4S-. The molecule has 5 nitrogen and oxygen atoms in total. The van der Waals surface area contributed by atoms with Crippen molar-refractivity contribution in [1.82, 2.24) is 5.32 Å². The summed E-state index contributed by atoms with van der Waals surface area (Å²) >= 11 is 0. The fourth-order valence-electron chi connectivity index (χ4n) is 0.716. The lowest BCUT2D eigenvalue weighted by Crippen LogP contribution is -2.35. The van der Waals surface area contributed by atoms with E-state index >= 15 is 0 Å².